The third-order valence-corrected chi connectivity index (χ3v) is 16.2. The van der Waals surface area contributed by atoms with Crippen LogP contribution in [-0.4, -0.2) is 189 Å². The van der Waals surface area contributed by atoms with Gasteiger partial charge in [-0.3, -0.25) is 19.2 Å². The van der Waals surface area contributed by atoms with Gasteiger partial charge in [-0.25, -0.2) is 4.79 Å². The molecule has 0 spiro atoms. The number of nitrogens with one attached hydrogen (secondary N) is 1. The number of amides is 5. The number of likely N-dealkylation sites (tertiary alicyclic amines) is 1. The largest absolute Gasteiger partial charge is 0.493 e. The number of benzene rings is 4. The molecule has 18 nitrogen and oxygen atoms in total. The highest BCUT2D eigenvalue weighted by Gasteiger charge is 2.40. The summed E-state index contributed by atoms with van der Waals surface area (Å²) in [4.78, 5) is 77.5. The van der Waals surface area contributed by atoms with Crippen molar-refractivity contribution in [3.8, 4) is 23.0 Å². The van der Waals surface area contributed by atoms with Gasteiger partial charge in [-0.1, -0.05) is 60.7 Å². The Labute approximate surface area is 544 Å². The van der Waals surface area contributed by atoms with Gasteiger partial charge in [0.05, 0.1) is 46.3 Å². The third-order valence-electron chi connectivity index (χ3n) is 16.2. The van der Waals surface area contributed by atoms with E-state index < -0.39 is 11.7 Å². The molecule has 5 amide bonds. The van der Waals surface area contributed by atoms with Crippen LogP contribution in [0.15, 0.2) is 97.1 Å². The molecule has 2 unspecified atom stereocenters. The highest BCUT2D eigenvalue weighted by Crippen LogP contribution is 2.34. The van der Waals surface area contributed by atoms with Crippen LogP contribution in [0.25, 0.3) is 0 Å². The lowest BCUT2D eigenvalue weighted by atomic mass is 9.93. The van der Waals surface area contributed by atoms with Gasteiger partial charge < -0.3 is 63.0 Å². The topological polar surface area (TPSA) is 178 Å². The van der Waals surface area contributed by atoms with Crippen molar-refractivity contribution < 1.29 is 57.1 Å². The summed E-state index contributed by atoms with van der Waals surface area (Å²) >= 11 is 0. The quantitative estimate of drug-likeness (QED) is 0.0488. The number of hydrogen-bond donors (Lipinski definition) is 1. The molecule has 0 aliphatic carbocycles. The van der Waals surface area contributed by atoms with Crippen molar-refractivity contribution in [2.45, 2.75) is 194 Å². The fourth-order valence-corrected chi connectivity index (χ4v) is 11.7. The van der Waals surface area contributed by atoms with E-state index in [0.717, 1.165) is 49.9 Å². The minimum absolute atomic E-state index is 0. The number of ether oxygens (including phenoxy) is 7. The molecule has 4 atom stereocenters. The Kier molecular flexibility index (Phi) is 32.3. The fourth-order valence-electron chi connectivity index (χ4n) is 11.7. The van der Waals surface area contributed by atoms with Gasteiger partial charge in [0.2, 0.25) is 11.8 Å². The molecule has 90 heavy (non-hydrogen) atoms. The van der Waals surface area contributed by atoms with E-state index in [1.54, 1.807) is 63.7 Å². The van der Waals surface area contributed by atoms with Gasteiger partial charge in [0.1, 0.15) is 5.60 Å². The summed E-state index contributed by atoms with van der Waals surface area (Å²) < 4.78 is 38.9. The minimum Gasteiger partial charge on any atom is -0.493 e. The van der Waals surface area contributed by atoms with E-state index in [-0.39, 0.29) is 78.3 Å². The van der Waals surface area contributed by atoms with Crippen molar-refractivity contribution in [1.82, 2.24) is 29.8 Å². The van der Waals surface area contributed by atoms with Crippen LogP contribution >= 0.6 is 12.4 Å². The summed E-state index contributed by atoms with van der Waals surface area (Å²) in [5.74, 6) is 2.30. The molecule has 2 heterocycles. The molecule has 0 bridgehead atoms. The number of nitrogens with zero attached hydrogens (tertiary/aromatic N) is 5. The third kappa shape index (κ3) is 23.6. The van der Waals surface area contributed by atoms with Crippen LogP contribution in [0.3, 0.4) is 0 Å². The Morgan fingerprint density at radius 3 is 1.39 bits per heavy atom. The second-order valence-electron chi connectivity index (χ2n) is 25.4. The zero-order valence-corrected chi connectivity index (χ0v) is 57.4. The maximum atomic E-state index is 14.1. The molecule has 6 rings (SSSR count). The molecule has 0 radical (unpaired) electrons. The molecule has 2 fully saturated rings. The summed E-state index contributed by atoms with van der Waals surface area (Å²) in [5, 5.41) is 3.67. The lowest BCUT2D eigenvalue weighted by molar-refractivity contribution is -0.133. The van der Waals surface area contributed by atoms with Crippen molar-refractivity contribution in [3.05, 3.63) is 119 Å². The van der Waals surface area contributed by atoms with E-state index in [1.807, 2.05) is 135 Å². The van der Waals surface area contributed by atoms with E-state index in [1.165, 1.54) is 0 Å². The van der Waals surface area contributed by atoms with Crippen LogP contribution in [-0.2, 0) is 36.6 Å². The molecular weight excluding hydrogens is 1160 g/mol. The number of carbonyl (C=O) groups excluding carboxylic acids is 5. The first-order chi connectivity index (χ1) is 42.5. The summed E-state index contributed by atoms with van der Waals surface area (Å²) in [6.07, 6.45) is 6.57. The standard InChI is InChI=1S/C38H57N3O7.C33H49N3O5.ClH/c1-27(2)39(35(42)24-29-14-11-10-12-15-29)21-20-31-17-18-32(26-40(31)37(44)48-38(5,6)7)41(28(3)4)36(43)30-16-19-33(46-9)34(25-30)47-23-13-22-45-8;1-24(2)35(32(37)21-26-11-8-7-9-12-26)18-17-28-14-15-29(23-34-28)36(25(3)4)33(38)27-13-16-30(40-6)31(22-27)41-20-10-19-39-5;/h10-12,14-16,19,25,27-28,31-32H,13,17-18,20-24,26H2,1-9H3;7-9,11-13,16,22,24-25,28-29,34H,10,14-15,17-21,23H2,1-6H3;1H/t31?,32-;28?,29-;/m11./s1. The van der Waals surface area contributed by atoms with Gasteiger partial charge in [0, 0.05) is 120 Å². The molecule has 0 aromatic heterocycles. The second kappa shape index (κ2) is 38.3. The molecule has 0 saturated carbocycles. The van der Waals surface area contributed by atoms with Gasteiger partial charge in [-0.05, 0) is 162 Å². The van der Waals surface area contributed by atoms with Crippen LogP contribution < -0.4 is 24.3 Å². The lowest BCUT2D eigenvalue weighted by Crippen LogP contribution is -2.58. The average Bonchev–Trinajstić information content (AvgIpc) is 2.52. The van der Waals surface area contributed by atoms with E-state index in [0.29, 0.717) is 118 Å². The summed E-state index contributed by atoms with van der Waals surface area (Å²) in [7, 11) is 6.48. The zero-order valence-electron chi connectivity index (χ0n) is 56.6. The highest BCUT2D eigenvalue weighted by atomic mass is 35.5. The second-order valence-corrected chi connectivity index (χ2v) is 25.4. The highest BCUT2D eigenvalue weighted by molar-refractivity contribution is 5.96. The molecule has 4 aromatic carbocycles. The predicted molar refractivity (Wildman–Crippen MR) is 358 cm³/mol. The molecule has 2 saturated heterocycles. The fraction of sp³-hybridized carbons (Fsp3) is 0.592. The van der Waals surface area contributed by atoms with Crippen LogP contribution in [0.1, 0.15) is 159 Å². The summed E-state index contributed by atoms with van der Waals surface area (Å²) in [6, 6.07) is 30.4. The summed E-state index contributed by atoms with van der Waals surface area (Å²) in [6.45, 7) is 26.3. The maximum absolute atomic E-state index is 14.1. The molecular formula is C71H107ClN6O12. The molecule has 1 N–H and O–H groups in total. The Morgan fingerprint density at radius 1 is 0.544 bits per heavy atom. The first-order valence-electron chi connectivity index (χ1n) is 32.1. The van der Waals surface area contributed by atoms with E-state index in [4.69, 9.17) is 33.2 Å². The summed E-state index contributed by atoms with van der Waals surface area (Å²) in [5.41, 5.74) is 2.42. The molecule has 19 heteroatoms. The molecule has 500 valence electrons. The van der Waals surface area contributed by atoms with Gasteiger partial charge in [0.25, 0.3) is 11.8 Å². The Hall–Kier alpha value is -6.60. The van der Waals surface area contributed by atoms with Crippen LogP contribution in [0.4, 0.5) is 4.79 Å². The number of rotatable bonds is 30. The monoisotopic (exact) mass is 1270 g/mol. The minimum atomic E-state index is -0.680. The van der Waals surface area contributed by atoms with Crippen molar-refractivity contribution in [2.75, 3.05) is 81.0 Å². The predicted octanol–water partition coefficient (Wildman–Crippen LogP) is 12.0. The average molecular weight is 1270 g/mol. The van der Waals surface area contributed by atoms with Crippen molar-refractivity contribution in [1.29, 1.82) is 0 Å². The molecule has 4 aromatic rings. The van der Waals surface area contributed by atoms with Gasteiger partial charge in [-0.15, -0.1) is 12.4 Å². The number of carbonyl (C=O) groups is 5. The maximum Gasteiger partial charge on any atom is 0.410 e. The van der Waals surface area contributed by atoms with Gasteiger partial charge in [-0.2, -0.15) is 0 Å². The normalized spacial score (nSPS) is 16.5. The van der Waals surface area contributed by atoms with E-state index >= 15 is 0 Å². The number of hydrogen-bond acceptors (Lipinski definition) is 13. The SMILES string of the molecule is COCCCOc1cc(C(=O)N(C(C)C)[C@@H]2CCC(CCN(C(=O)Cc3ccccc3)C(C)C)N(C(=O)OC(C)(C)C)C2)ccc1OC.COCCCOc1cc(C(=O)N(C(C)C)[C@@H]2CCC(CCN(C(=O)Cc3ccccc3)C(C)C)NC2)ccc1OC.Cl. The first kappa shape index (κ1) is 75.9. The van der Waals surface area contributed by atoms with Crippen LogP contribution in [0.2, 0.25) is 0 Å². The van der Waals surface area contributed by atoms with E-state index in [2.05, 4.69) is 33.0 Å². The molecule has 2 aliphatic heterocycles. The Morgan fingerprint density at radius 2 is 0.989 bits per heavy atom. The van der Waals surface area contributed by atoms with E-state index in [9.17, 15) is 24.0 Å². The lowest BCUT2D eigenvalue weighted by Gasteiger charge is -2.45. The molecule has 2 aliphatic rings. The zero-order chi connectivity index (χ0) is 65.2. The van der Waals surface area contributed by atoms with Crippen LogP contribution in [0, 0.1) is 0 Å². The van der Waals surface area contributed by atoms with Gasteiger partial charge in [0.15, 0.2) is 23.0 Å². The van der Waals surface area contributed by atoms with Crippen molar-refractivity contribution in [3.63, 3.8) is 0 Å². The van der Waals surface area contributed by atoms with Crippen LogP contribution in [0.5, 0.6) is 23.0 Å². The Balaban J connectivity index is 0.000000385. The number of halogens is 1. The Bertz CT molecular complexity index is 2790. The first-order valence-corrected chi connectivity index (χ1v) is 32.1. The smallest absolute Gasteiger partial charge is 0.410 e. The number of piperidine rings is 2. The van der Waals surface area contributed by atoms with Crippen molar-refractivity contribution >= 4 is 42.1 Å². The van der Waals surface area contributed by atoms with Crippen molar-refractivity contribution in [2.24, 2.45) is 0 Å². The number of methoxy groups -OCH3 is 4. The van der Waals surface area contributed by atoms with Gasteiger partial charge >= 0.3 is 6.09 Å².